The van der Waals surface area contributed by atoms with E-state index in [-0.39, 0.29) is 15.9 Å². The highest BCUT2D eigenvalue weighted by Gasteiger charge is 2.30. The Hall–Kier alpha value is -1.32. The summed E-state index contributed by atoms with van der Waals surface area (Å²) in [6.07, 6.45) is 0. The van der Waals surface area contributed by atoms with Crippen molar-refractivity contribution in [3.63, 3.8) is 0 Å². The summed E-state index contributed by atoms with van der Waals surface area (Å²) in [5, 5.41) is 12.2. The van der Waals surface area contributed by atoms with Gasteiger partial charge in [0, 0.05) is 5.54 Å². The van der Waals surface area contributed by atoms with Gasteiger partial charge in [-0.05, 0) is 48.8 Å². The zero-order valence-electron chi connectivity index (χ0n) is 11.6. The number of halogens is 2. The molecule has 0 saturated carbocycles. The Labute approximate surface area is 130 Å². The molecule has 0 bridgehead atoms. The molecule has 114 valence electrons. The molecule has 2 N–H and O–H groups in total. The first-order chi connectivity index (χ1) is 9.53. The maximum Gasteiger partial charge on any atom is 0.273 e. The van der Waals surface area contributed by atoms with Gasteiger partial charge in [0.2, 0.25) is 0 Å². The summed E-state index contributed by atoms with van der Waals surface area (Å²) in [5.74, 6) is -0.443. The minimum absolute atomic E-state index is 0.102. The first-order valence-corrected chi connectivity index (χ1v) is 8.30. The van der Waals surface area contributed by atoms with Crippen LogP contribution in [0.2, 0.25) is 0 Å². The van der Waals surface area contributed by atoms with E-state index in [0.717, 1.165) is 0 Å². The Morgan fingerprint density at radius 3 is 2.43 bits per heavy atom. The van der Waals surface area contributed by atoms with Crippen molar-refractivity contribution >= 4 is 26.0 Å². The average molecular weight is 377 g/mol. The molecule has 0 atom stereocenters. The van der Waals surface area contributed by atoms with Crippen molar-refractivity contribution in [3.8, 4) is 11.4 Å². The predicted octanol–water partition coefficient (Wildman–Crippen LogP) is 2.25. The van der Waals surface area contributed by atoms with Crippen LogP contribution in [0.25, 0.3) is 11.4 Å². The van der Waals surface area contributed by atoms with Crippen molar-refractivity contribution < 1.29 is 12.8 Å². The molecule has 1 aromatic heterocycles. The van der Waals surface area contributed by atoms with Gasteiger partial charge in [-0.1, -0.05) is 6.07 Å². The molecular weight excluding hydrogens is 363 g/mol. The van der Waals surface area contributed by atoms with E-state index in [1.165, 1.54) is 16.7 Å². The molecule has 0 fully saturated rings. The number of rotatable bonds is 2. The zero-order chi connectivity index (χ0) is 16.0. The van der Waals surface area contributed by atoms with Crippen LogP contribution < -0.4 is 5.14 Å². The number of hydrogen-bond acceptors (Lipinski definition) is 4. The van der Waals surface area contributed by atoms with E-state index in [9.17, 15) is 12.8 Å². The van der Waals surface area contributed by atoms with Crippen LogP contribution in [0.15, 0.2) is 27.8 Å². The van der Waals surface area contributed by atoms with Crippen molar-refractivity contribution in [1.29, 1.82) is 0 Å². The zero-order valence-corrected chi connectivity index (χ0v) is 14.0. The summed E-state index contributed by atoms with van der Waals surface area (Å²) in [5.41, 5.74) is -0.559. The summed E-state index contributed by atoms with van der Waals surface area (Å²) in [7, 11) is -4.07. The Kier molecular flexibility index (Phi) is 3.94. The third-order valence-electron chi connectivity index (χ3n) is 2.75. The van der Waals surface area contributed by atoms with Gasteiger partial charge in [-0.3, -0.25) is 4.57 Å². The van der Waals surface area contributed by atoms with Gasteiger partial charge in [-0.15, -0.1) is 10.2 Å². The van der Waals surface area contributed by atoms with E-state index in [1.54, 1.807) is 26.8 Å². The van der Waals surface area contributed by atoms with Gasteiger partial charge >= 0.3 is 0 Å². The highest BCUT2D eigenvalue weighted by atomic mass is 79.9. The van der Waals surface area contributed by atoms with Crippen LogP contribution in [-0.4, -0.2) is 23.2 Å². The topological polar surface area (TPSA) is 90.9 Å². The van der Waals surface area contributed by atoms with Crippen LogP contribution in [0, 0.1) is 5.82 Å². The van der Waals surface area contributed by atoms with Gasteiger partial charge in [-0.25, -0.2) is 17.9 Å². The first-order valence-electron chi connectivity index (χ1n) is 5.96. The Morgan fingerprint density at radius 2 is 1.90 bits per heavy atom. The van der Waals surface area contributed by atoms with Crippen molar-refractivity contribution in [3.05, 3.63) is 28.5 Å². The van der Waals surface area contributed by atoms with Crippen LogP contribution in [0.4, 0.5) is 4.39 Å². The second-order valence-electron chi connectivity index (χ2n) is 5.46. The average Bonchev–Trinajstić information content (AvgIpc) is 2.76. The van der Waals surface area contributed by atoms with E-state index >= 15 is 0 Å². The molecule has 2 rings (SSSR count). The van der Waals surface area contributed by atoms with Crippen LogP contribution in [0.5, 0.6) is 0 Å². The number of benzene rings is 1. The number of aromatic nitrogens is 3. The van der Waals surface area contributed by atoms with E-state index in [0.29, 0.717) is 0 Å². The molecule has 21 heavy (non-hydrogen) atoms. The fourth-order valence-electron chi connectivity index (χ4n) is 1.91. The number of sulfonamides is 1. The molecule has 2 aromatic rings. The second-order valence-corrected chi connectivity index (χ2v) is 7.77. The van der Waals surface area contributed by atoms with E-state index in [1.807, 2.05) is 0 Å². The largest absolute Gasteiger partial charge is 0.291 e. The number of primary sulfonamides is 1. The Balaban J connectivity index is 2.83. The summed E-state index contributed by atoms with van der Waals surface area (Å²) in [6, 6.07) is 4.66. The van der Waals surface area contributed by atoms with Gasteiger partial charge in [0.05, 0.1) is 10.0 Å². The summed E-state index contributed by atoms with van der Waals surface area (Å²) in [4.78, 5) is 0. The normalized spacial score (nSPS) is 12.7. The number of hydrogen-bond donors (Lipinski definition) is 1. The molecule has 0 unspecified atom stereocenters. The Bertz CT molecular complexity index is 796. The van der Waals surface area contributed by atoms with Gasteiger partial charge < -0.3 is 0 Å². The van der Waals surface area contributed by atoms with Gasteiger partial charge in [0.15, 0.2) is 5.82 Å². The smallest absolute Gasteiger partial charge is 0.273 e. The Morgan fingerprint density at radius 1 is 1.29 bits per heavy atom. The van der Waals surface area contributed by atoms with Crippen LogP contribution in [0.1, 0.15) is 20.8 Å². The van der Waals surface area contributed by atoms with Crippen LogP contribution >= 0.6 is 15.9 Å². The molecule has 1 heterocycles. The second kappa shape index (κ2) is 5.15. The molecule has 0 amide bonds. The van der Waals surface area contributed by atoms with Crippen molar-refractivity contribution in [2.24, 2.45) is 5.14 Å². The van der Waals surface area contributed by atoms with Gasteiger partial charge in [-0.2, -0.15) is 0 Å². The highest BCUT2D eigenvalue weighted by Crippen LogP contribution is 2.31. The van der Waals surface area contributed by atoms with Gasteiger partial charge in [0.25, 0.3) is 15.2 Å². The molecule has 0 aliphatic rings. The van der Waals surface area contributed by atoms with E-state index in [2.05, 4.69) is 26.1 Å². The molecule has 1 aromatic carbocycles. The van der Waals surface area contributed by atoms with Crippen LogP contribution in [-0.2, 0) is 15.6 Å². The number of nitrogens with two attached hydrogens (primary N) is 1. The lowest BCUT2D eigenvalue weighted by atomic mass is 10.1. The first kappa shape index (κ1) is 16.1. The maximum absolute atomic E-state index is 14.3. The van der Waals surface area contributed by atoms with Crippen molar-refractivity contribution in [1.82, 2.24) is 14.8 Å². The lowest BCUT2D eigenvalue weighted by Gasteiger charge is -2.24. The maximum atomic E-state index is 14.3. The summed E-state index contributed by atoms with van der Waals surface area (Å²) in [6.45, 7) is 5.26. The van der Waals surface area contributed by atoms with Crippen LogP contribution in [0.3, 0.4) is 0 Å². The number of nitrogens with zero attached hydrogens (tertiary/aromatic N) is 3. The summed E-state index contributed by atoms with van der Waals surface area (Å²) >= 11 is 3.09. The van der Waals surface area contributed by atoms with Crippen molar-refractivity contribution in [2.75, 3.05) is 0 Å². The monoisotopic (exact) mass is 376 g/mol. The molecule has 0 aliphatic carbocycles. The quantitative estimate of drug-likeness (QED) is 0.869. The molecule has 0 spiro atoms. The standard InChI is InChI=1S/C12H14BrFN4O2S/c1-12(2,3)18-10(16-17-11(18)21(15,19)20)7-5-4-6-8(13)9(7)14/h4-6H,1-3H3,(H2,15,19,20). The minimum Gasteiger partial charge on any atom is -0.291 e. The lowest BCUT2D eigenvalue weighted by Crippen LogP contribution is -2.29. The lowest BCUT2D eigenvalue weighted by molar-refractivity contribution is 0.365. The molecule has 0 saturated heterocycles. The molecule has 0 radical (unpaired) electrons. The third-order valence-corrected chi connectivity index (χ3v) is 4.14. The third kappa shape index (κ3) is 2.99. The highest BCUT2D eigenvalue weighted by molar-refractivity contribution is 9.10. The minimum atomic E-state index is -4.07. The SMILES string of the molecule is CC(C)(C)n1c(-c2cccc(Br)c2F)nnc1S(N)(=O)=O. The molecule has 9 heteroatoms. The van der Waals surface area contributed by atoms with Crippen molar-refractivity contribution in [2.45, 2.75) is 31.5 Å². The molecule has 0 aliphatic heterocycles. The van der Waals surface area contributed by atoms with E-state index in [4.69, 9.17) is 5.14 Å². The van der Waals surface area contributed by atoms with Gasteiger partial charge in [0.1, 0.15) is 5.82 Å². The molecular formula is C12H14BrFN4O2S. The fraction of sp³-hybridized carbons (Fsp3) is 0.333. The molecule has 6 nitrogen and oxygen atoms in total. The fourth-order valence-corrected chi connectivity index (χ4v) is 3.05. The summed E-state index contributed by atoms with van der Waals surface area (Å²) < 4.78 is 39.1. The van der Waals surface area contributed by atoms with E-state index < -0.39 is 26.5 Å². The predicted molar refractivity (Wildman–Crippen MR) is 79.5 cm³/mol.